The molecule has 0 saturated heterocycles. The number of methoxy groups -OCH3 is 1. The second kappa shape index (κ2) is 5.40. The average molecular weight is 354 g/mol. The van der Waals surface area contributed by atoms with Crippen LogP contribution in [0.3, 0.4) is 0 Å². The number of fused-ring (bicyclic) bond motifs is 3. The topological polar surface area (TPSA) is 104 Å². The molecule has 0 fully saturated rings. The molecule has 3 N–H and O–H groups in total. The summed E-state index contributed by atoms with van der Waals surface area (Å²) in [6.45, 7) is 1.57. The van der Waals surface area contributed by atoms with Crippen LogP contribution in [0.5, 0.6) is 11.5 Å². The molecule has 2 aromatic carbocycles. The number of carbonyl (C=O) groups is 2. The van der Waals surface area contributed by atoms with E-state index in [1.165, 1.54) is 19.2 Å². The summed E-state index contributed by atoms with van der Waals surface area (Å²) in [4.78, 5) is 25.8. The zero-order chi connectivity index (χ0) is 18.8. The Morgan fingerprint density at radius 3 is 2.12 bits per heavy atom. The number of rotatable bonds is 1. The van der Waals surface area contributed by atoms with E-state index < -0.39 is 29.0 Å². The normalized spacial score (nSPS) is 24.0. The Labute approximate surface area is 149 Å². The van der Waals surface area contributed by atoms with Crippen LogP contribution in [0.4, 0.5) is 0 Å². The summed E-state index contributed by atoms with van der Waals surface area (Å²) in [6, 6.07) is 6.31. The first kappa shape index (κ1) is 16.8. The van der Waals surface area contributed by atoms with Crippen molar-refractivity contribution in [3.05, 3.63) is 57.6 Å². The number of ketones is 2. The molecule has 0 saturated carbocycles. The molecule has 0 unspecified atom stereocenters. The van der Waals surface area contributed by atoms with Crippen molar-refractivity contribution in [1.29, 1.82) is 0 Å². The van der Waals surface area contributed by atoms with Crippen molar-refractivity contribution < 1.29 is 29.6 Å². The zero-order valence-corrected chi connectivity index (χ0v) is 14.4. The van der Waals surface area contributed by atoms with Gasteiger partial charge >= 0.3 is 0 Å². The van der Waals surface area contributed by atoms with Gasteiger partial charge in [0.25, 0.3) is 0 Å². The number of hydrogen-bond donors (Lipinski definition) is 3. The van der Waals surface area contributed by atoms with Crippen molar-refractivity contribution in [2.24, 2.45) is 0 Å². The Kier molecular flexibility index (Phi) is 3.48. The minimum absolute atomic E-state index is 0.167. The summed E-state index contributed by atoms with van der Waals surface area (Å²) in [6.07, 6.45) is -0.399. The maximum absolute atomic E-state index is 12.9. The Morgan fingerprint density at radius 2 is 1.58 bits per heavy atom. The molecule has 0 radical (unpaired) electrons. The van der Waals surface area contributed by atoms with E-state index in [0.717, 1.165) is 0 Å². The fourth-order valence-corrected chi connectivity index (χ4v) is 4.11. The molecule has 4 rings (SSSR count). The van der Waals surface area contributed by atoms with Crippen LogP contribution in [0.2, 0.25) is 0 Å². The quantitative estimate of drug-likeness (QED) is 0.579. The van der Waals surface area contributed by atoms with Gasteiger partial charge in [-0.2, -0.15) is 0 Å². The predicted octanol–water partition coefficient (Wildman–Crippen LogP) is 2.26. The van der Waals surface area contributed by atoms with Crippen molar-refractivity contribution in [3.63, 3.8) is 0 Å². The molecule has 26 heavy (non-hydrogen) atoms. The SMILES string of the molecule is CO[C@@H]1c2c(O)c3c(c(O)c2CC[C@@]1(C)O)C(=O)c1ccccc1C3=O. The van der Waals surface area contributed by atoms with Gasteiger partial charge in [-0.1, -0.05) is 24.3 Å². The van der Waals surface area contributed by atoms with Crippen molar-refractivity contribution in [3.8, 4) is 11.5 Å². The molecule has 0 bridgehead atoms. The second-order valence-electron chi connectivity index (χ2n) is 7.02. The third-order valence-electron chi connectivity index (χ3n) is 5.40. The lowest BCUT2D eigenvalue weighted by Crippen LogP contribution is -2.39. The van der Waals surface area contributed by atoms with Gasteiger partial charge in [-0.3, -0.25) is 9.59 Å². The lowest BCUT2D eigenvalue weighted by molar-refractivity contribution is -0.0957. The number of ether oxygens (including phenoxy) is 1. The van der Waals surface area contributed by atoms with Gasteiger partial charge in [-0.25, -0.2) is 0 Å². The third kappa shape index (κ3) is 2.00. The highest BCUT2D eigenvalue weighted by Gasteiger charge is 2.45. The second-order valence-corrected chi connectivity index (χ2v) is 7.02. The number of aromatic hydroxyl groups is 2. The van der Waals surface area contributed by atoms with E-state index in [0.29, 0.717) is 5.56 Å². The van der Waals surface area contributed by atoms with Gasteiger partial charge in [-0.15, -0.1) is 0 Å². The molecule has 2 aliphatic carbocycles. The Balaban J connectivity index is 2.07. The number of benzene rings is 2. The van der Waals surface area contributed by atoms with E-state index >= 15 is 0 Å². The molecular formula is C20H18O6. The van der Waals surface area contributed by atoms with Gasteiger partial charge in [0.15, 0.2) is 11.6 Å². The number of phenolic OH excluding ortho intramolecular Hbond substituents is 2. The fraction of sp³-hybridized carbons (Fsp3) is 0.300. The molecular weight excluding hydrogens is 336 g/mol. The maximum Gasteiger partial charge on any atom is 0.198 e. The van der Waals surface area contributed by atoms with Crippen molar-refractivity contribution in [2.75, 3.05) is 7.11 Å². The molecule has 0 amide bonds. The molecule has 2 aromatic rings. The van der Waals surface area contributed by atoms with Crippen LogP contribution in [-0.4, -0.2) is 39.6 Å². The number of aliphatic hydroxyl groups is 1. The Bertz CT molecular complexity index is 973. The van der Waals surface area contributed by atoms with E-state index in [9.17, 15) is 24.9 Å². The van der Waals surface area contributed by atoms with E-state index in [4.69, 9.17) is 4.74 Å². The standard InChI is InChI=1S/C20H18O6/c1-20(25)8-7-11-12(19(20)26-2)18(24)14-13(17(11)23)15(21)9-5-3-4-6-10(9)16(14)22/h3-6,19,23-25H,7-8H2,1-2H3/t19-,20-/m1/s1. The van der Waals surface area contributed by atoms with Gasteiger partial charge in [0.2, 0.25) is 0 Å². The minimum atomic E-state index is -1.28. The largest absolute Gasteiger partial charge is 0.507 e. The molecule has 0 aliphatic heterocycles. The number of phenols is 2. The van der Waals surface area contributed by atoms with Crippen LogP contribution in [-0.2, 0) is 11.2 Å². The lowest BCUT2D eigenvalue weighted by atomic mass is 9.73. The van der Waals surface area contributed by atoms with Crippen molar-refractivity contribution in [1.82, 2.24) is 0 Å². The van der Waals surface area contributed by atoms with Crippen molar-refractivity contribution >= 4 is 11.6 Å². The first-order valence-corrected chi connectivity index (χ1v) is 8.33. The van der Waals surface area contributed by atoms with Crippen LogP contribution in [0.15, 0.2) is 24.3 Å². The van der Waals surface area contributed by atoms with Crippen molar-refractivity contribution in [2.45, 2.75) is 31.5 Å². The van der Waals surface area contributed by atoms with E-state index in [1.807, 2.05) is 0 Å². The summed E-state index contributed by atoms with van der Waals surface area (Å²) in [5.74, 6) is -1.77. The Morgan fingerprint density at radius 1 is 1.04 bits per heavy atom. The maximum atomic E-state index is 12.9. The van der Waals surface area contributed by atoms with E-state index in [-0.39, 0.29) is 46.4 Å². The van der Waals surface area contributed by atoms with Gasteiger partial charge in [0.1, 0.15) is 17.6 Å². The van der Waals surface area contributed by atoms with Crippen LogP contribution in [0.25, 0.3) is 0 Å². The molecule has 6 nitrogen and oxygen atoms in total. The highest BCUT2D eigenvalue weighted by atomic mass is 16.5. The molecule has 6 heteroatoms. The Hall–Kier alpha value is -2.70. The fourth-order valence-electron chi connectivity index (χ4n) is 4.11. The predicted molar refractivity (Wildman–Crippen MR) is 91.8 cm³/mol. The molecule has 2 aliphatic rings. The highest BCUT2D eigenvalue weighted by molar-refractivity contribution is 6.30. The van der Waals surface area contributed by atoms with Crippen LogP contribution in [0, 0.1) is 0 Å². The van der Waals surface area contributed by atoms with Gasteiger partial charge in [-0.05, 0) is 19.8 Å². The third-order valence-corrected chi connectivity index (χ3v) is 5.40. The van der Waals surface area contributed by atoms with Gasteiger partial charge in [0.05, 0.1) is 16.7 Å². The highest BCUT2D eigenvalue weighted by Crippen LogP contribution is 2.51. The molecule has 134 valence electrons. The summed E-state index contributed by atoms with van der Waals surface area (Å²) in [5.41, 5.74) is -0.812. The summed E-state index contributed by atoms with van der Waals surface area (Å²) in [7, 11) is 1.38. The minimum Gasteiger partial charge on any atom is -0.507 e. The van der Waals surface area contributed by atoms with Crippen LogP contribution >= 0.6 is 0 Å². The summed E-state index contributed by atoms with van der Waals surface area (Å²) >= 11 is 0. The first-order chi connectivity index (χ1) is 12.3. The van der Waals surface area contributed by atoms with E-state index in [2.05, 4.69) is 0 Å². The lowest BCUT2D eigenvalue weighted by Gasteiger charge is -2.39. The van der Waals surface area contributed by atoms with E-state index in [1.54, 1.807) is 19.1 Å². The molecule has 0 spiro atoms. The molecule has 0 heterocycles. The molecule has 2 atom stereocenters. The first-order valence-electron chi connectivity index (χ1n) is 8.33. The van der Waals surface area contributed by atoms with Gasteiger partial charge in [0, 0.05) is 29.4 Å². The number of carbonyl (C=O) groups excluding carboxylic acids is 2. The van der Waals surface area contributed by atoms with Crippen LogP contribution < -0.4 is 0 Å². The summed E-state index contributed by atoms with van der Waals surface area (Å²) in [5, 5.41) is 32.3. The monoisotopic (exact) mass is 354 g/mol. The molecule has 0 aromatic heterocycles. The number of hydrogen-bond acceptors (Lipinski definition) is 6. The average Bonchev–Trinajstić information content (AvgIpc) is 2.61. The van der Waals surface area contributed by atoms with Gasteiger partial charge < -0.3 is 20.1 Å². The summed E-state index contributed by atoms with van der Waals surface area (Å²) < 4.78 is 5.37. The zero-order valence-electron chi connectivity index (χ0n) is 14.4. The van der Waals surface area contributed by atoms with Crippen LogP contribution in [0.1, 0.15) is 62.4 Å². The smallest absolute Gasteiger partial charge is 0.198 e.